The second-order valence-corrected chi connectivity index (χ2v) is 14.1. The zero-order valence-electron chi connectivity index (χ0n) is 26.0. The van der Waals surface area contributed by atoms with E-state index in [1.807, 2.05) is 4.90 Å². The Bertz CT molecular complexity index is 1960. The Morgan fingerprint density at radius 3 is 2.27 bits per heavy atom. The molecule has 11 nitrogen and oxygen atoms in total. The van der Waals surface area contributed by atoms with E-state index in [-0.39, 0.29) is 29.4 Å². The minimum Gasteiger partial charge on any atom is -0.437 e. The van der Waals surface area contributed by atoms with Crippen LogP contribution in [0.5, 0.6) is 0 Å². The fourth-order valence-electron chi connectivity index (χ4n) is 9.31. The number of carbonyl (C=O) groups excluding carboxylic acids is 2. The highest BCUT2D eigenvalue weighted by atomic mass is 19.4. The summed E-state index contributed by atoms with van der Waals surface area (Å²) in [6.45, 7) is -0.0479. The van der Waals surface area contributed by atoms with Crippen LogP contribution in [0.25, 0.3) is 11.2 Å². The SMILES string of the molecule is O=C(OCn1c(=O)n(CC(=O)C23CC4CC(CC(C4)C2)C3)c(=O)c2c1nc(N1CCC3=C1CNC3)n2Cc1ccc(F)cc1)C(F)(F)F. The lowest BCUT2D eigenvalue weighted by Crippen LogP contribution is -2.52. The zero-order chi connectivity index (χ0) is 33.5. The van der Waals surface area contributed by atoms with Crippen molar-refractivity contribution < 1.29 is 31.9 Å². The van der Waals surface area contributed by atoms with Gasteiger partial charge in [-0.2, -0.15) is 18.2 Å². The molecule has 4 bridgehead atoms. The van der Waals surface area contributed by atoms with E-state index in [2.05, 4.69) is 15.0 Å². The Kier molecular flexibility index (Phi) is 7.20. The molecular formula is C33H34F4N6O5. The number of alkyl halides is 3. The van der Waals surface area contributed by atoms with Crippen LogP contribution in [0, 0.1) is 29.0 Å². The quantitative estimate of drug-likeness (QED) is 0.286. The van der Waals surface area contributed by atoms with Crippen molar-refractivity contribution in [3.05, 3.63) is 67.8 Å². The number of hydrogen-bond donors (Lipinski definition) is 1. The van der Waals surface area contributed by atoms with Crippen molar-refractivity contribution in [2.24, 2.45) is 23.2 Å². The molecule has 4 heterocycles. The van der Waals surface area contributed by atoms with Gasteiger partial charge in [0.25, 0.3) is 5.56 Å². The number of carbonyl (C=O) groups is 2. The molecule has 0 amide bonds. The molecule has 0 saturated heterocycles. The predicted octanol–water partition coefficient (Wildman–Crippen LogP) is 3.46. The van der Waals surface area contributed by atoms with E-state index in [1.54, 1.807) is 4.57 Å². The monoisotopic (exact) mass is 670 g/mol. The third kappa shape index (κ3) is 5.08. The van der Waals surface area contributed by atoms with Gasteiger partial charge < -0.3 is 15.0 Å². The summed E-state index contributed by atoms with van der Waals surface area (Å²) in [5.41, 5.74) is -0.340. The number of esters is 1. The molecule has 0 atom stereocenters. The number of benzene rings is 1. The predicted molar refractivity (Wildman–Crippen MR) is 163 cm³/mol. The number of aromatic nitrogens is 4. The molecule has 3 aromatic rings. The molecular weight excluding hydrogens is 636 g/mol. The van der Waals surface area contributed by atoms with Gasteiger partial charge in [-0.25, -0.2) is 18.5 Å². The molecule has 0 radical (unpaired) electrons. The smallest absolute Gasteiger partial charge is 0.437 e. The van der Waals surface area contributed by atoms with Crippen LogP contribution < -0.4 is 21.5 Å². The molecule has 254 valence electrons. The summed E-state index contributed by atoms with van der Waals surface area (Å²) in [6.07, 6.45) is 0.689. The number of rotatable bonds is 8. The molecule has 4 fully saturated rings. The normalized spacial score (nSPS) is 26.2. The molecule has 15 heteroatoms. The van der Waals surface area contributed by atoms with Crippen molar-refractivity contribution >= 4 is 28.9 Å². The van der Waals surface area contributed by atoms with Gasteiger partial charge in [0.2, 0.25) is 5.95 Å². The molecule has 0 spiro atoms. The van der Waals surface area contributed by atoms with Gasteiger partial charge in [-0.1, -0.05) is 12.1 Å². The molecule has 4 saturated carbocycles. The number of anilines is 1. The third-order valence-corrected chi connectivity index (χ3v) is 11.1. The second-order valence-electron chi connectivity index (χ2n) is 14.1. The van der Waals surface area contributed by atoms with Crippen LogP contribution in [0.2, 0.25) is 0 Å². The minimum absolute atomic E-state index is 0.00262. The highest BCUT2D eigenvalue weighted by Crippen LogP contribution is 2.60. The fraction of sp³-hybridized carbons (Fsp3) is 0.545. The van der Waals surface area contributed by atoms with E-state index in [1.165, 1.54) is 24.3 Å². The summed E-state index contributed by atoms with van der Waals surface area (Å²) in [7, 11) is 0. The number of nitrogens with zero attached hydrogens (tertiary/aromatic N) is 5. The van der Waals surface area contributed by atoms with Gasteiger partial charge in [-0.15, -0.1) is 0 Å². The molecule has 1 aromatic carbocycles. The number of Topliss-reactive ketones (excluding diaryl/α,β-unsaturated/α-hetero) is 1. The van der Waals surface area contributed by atoms with E-state index in [9.17, 15) is 36.7 Å². The topological polar surface area (TPSA) is 120 Å². The first-order chi connectivity index (χ1) is 22.9. The maximum absolute atomic E-state index is 14.4. The summed E-state index contributed by atoms with van der Waals surface area (Å²) in [5.74, 6) is -1.71. The molecule has 2 aromatic heterocycles. The van der Waals surface area contributed by atoms with Crippen molar-refractivity contribution in [2.45, 2.75) is 70.9 Å². The Morgan fingerprint density at radius 1 is 0.958 bits per heavy atom. The fourth-order valence-corrected chi connectivity index (χ4v) is 9.31. The van der Waals surface area contributed by atoms with Crippen LogP contribution in [0.1, 0.15) is 50.5 Å². The van der Waals surface area contributed by atoms with Gasteiger partial charge in [-0.05, 0) is 86.0 Å². The van der Waals surface area contributed by atoms with Crippen LogP contribution in [-0.2, 0) is 34.1 Å². The standard InChI is InChI=1S/C33H34F4N6O5/c34-23-3-1-18(2-4-23)15-41-26-27(39-30(41)40-6-5-22-13-38-14-24(22)40)43(17-48-29(46)33(35,36)37)31(47)42(28(26)45)16-25(44)32-10-19-7-20(11-32)9-21(8-19)12-32/h1-4,19-21,38H,5-17H2. The summed E-state index contributed by atoms with van der Waals surface area (Å²) in [4.78, 5) is 60.9. The van der Waals surface area contributed by atoms with E-state index in [0.717, 1.165) is 39.7 Å². The van der Waals surface area contributed by atoms with Crippen LogP contribution in [0.15, 0.2) is 45.1 Å². The highest BCUT2D eigenvalue weighted by molar-refractivity contribution is 5.85. The van der Waals surface area contributed by atoms with E-state index >= 15 is 0 Å². The first-order valence-electron chi connectivity index (χ1n) is 16.3. The first kappa shape index (κ1) is 31.0. The van der Waals surface area contributed by atoms with Crippen molar-refractivity contribution in [2.75, 3.05) is 24.5 Å². The summed E-state index contributed by atoms with van der Waals surface area (Å²) in [5, 5.41) is 3.28. The molecule has 1 N–H and O–H groups in total. The minimum atomic E-state index is -5.33. The van der Waals surface area contributed by atoms with Gasteiger partial charge in [-0.3, -0.25) is 18.7 Å². The van der Waals surface area contributed by atoms with E-state index < -0.39 is 47.9 Å². The highest BCUT2D eigenvalue weighted by Gasteiger charge is 2.54. The van der Waals surface area contributed by atoms with Crippen molar-refractivity contribution in [1.29, 1.82) is 0 Å². The van der Waals surface area contributed by atoms with Crippen molar-refractivity contribution in [3.8, 4) is 0 Å². The van der Waals surface area contributed by atoms with Crippen LogP contribution in [-0.4, -0.2) is 56.2 Å². The maximum Gasteiger partial charge on any atom is 0.490 e. The lowest BCUT2D eigenvalue weighted by atomic mass is 9.48. The Morgan fingerprint density at radius 2 is 1.62 bits per heavy atom. The van der Waals surface area contributed by atoms with Gasteiger partial charge in [0.1, 0.15) is 5.82 Å². The lowest BCUT2D eigenvalue weighted by Gasteiger charge is -2.56. The van der Waals surface area contributed by atoms with Crippen molar-refractivity contribution in [3.63, 3.8) is 0 Å². The molecule has 48 heavy (non-hydrogen) atoms. The summed E-state index contributed by atoms with van der Waals surface area (Å²) >= 11 is 0. The van der Waals surface area contributed by atoms with Gasteiger partial charge in [0.05, 0.1) is 13.1 Å². The number of ketones is 1. The number of nitrogens with one attached hydrogen (secondary N) is 1. The van der Waals surface area contributed by atoms with Gasteiger partial charge in [0, 0.05) is 30.7 Å². The molecule has 2 aliphatic heterocycles. The van der Waals surface area contributed by atoms with E-state index in [4.69, 9.17) is 0 Å². The van der Waals surface area contributed by atoms with Crippen LogP contribution >= 0.6 is 0 Å². The van der Waals surface area contributed by atoms with Gasteiger partial charge in [0.15, 0.2) is 23.7 Å². The summed E-state index contributed by atoms with van der Waals surface area (Å²) in [6, 6.07) is 5.60. The number of halogens is 4. The molecule has 6 aliphatic rings. The number of ether oxygens (including phenoxy) is 1. The average molecular weight is 671 g/mol. The third-order valence-electron chi connectivity index (χ3n) is 11.1. The number of hydrogen-bond acceptors (Lipinski definition) is 8. The Labute approximate surface area is 271 Å². The first-order valence-corrected chi connectivity index (χ1v) is 16.3. The largest absolute Gasteiger partial charge is 0.490 e. The van der Waals surface area contributed by atoms with Gasteiger partial charge >= 0.3 is 17.8 Å². The van der Waals surface area contributed by atoms with Crippen molar-refractivity contribution in [1.82, 2.24) is 24.0 Å². The Balaban J connectivity index is 1.29. The molecule has 4 aliphatic carbocycles. The second kappa shape index (κ2) is 11.1. The lowest BCUT2D eigenvalue weighted by molar-refractivity contribution is -0.203. The average Bonchev–Trinajstić information content (AvgIpc) is 3.74. The maximum atomic E-state index is 14.4. The Hall–Kier alpha value is -4.27. The molecule has 9 rings (SSSR count). The summed E-state index contributed by atoms with van der Waals surface area (Å²) < 4.78 is 60.9. The molecule has 0 unspecified atom stereocenters. The number of imidazole rings is 1. The zero-order valence-corrected chi connectivity index (χ0v) is 26.0. The van der Waals surface area contributed by atoms with E-state index in [0.29, 0.717) is 68.6 Å². The van der Waals surface area contributed by atoms with Crippen LogP contribution in [0.4, 0.5) is 23.5 Å². The van der Waals surface area contributed by atoms with Crippen LogP contribution in [0.3, 0.4) is 0 Å². The number of fused-ring (bicyclic) bond motifs is 1.